The van der Waals surface area contributed by atoms with Crippen LogP contribution in [-0.2, 0) is 16.1 Å². The summed E-state index contributed by atoms with van der Waals surface area (Å²) in [6.07, 6.45) is 0. The Balaban J connectivity index is 0.00000576. The zero-order valence-corrected chi connectivity index (χ0v) is 17.9. The van der Waals surface area contributed by atoms with E-state index in [0.29, 0.717) is 25.1 Å². The summed E-state index contributed by atoms with van der Waals surface area (Å²) in [7, 11) is 3.45. The molecule has 6 nitrogen and oxygen atoms in total. The van der Waals surface area contributed by atoms with Gasteiger partial charge in [-0.1, -0.05) is 37.3 Å². The Bertz CT molecular complexity index is 509. The number of ether oxygens (including phenoxy) is 1. The van der Waals surface area contributed by atoms with Crippen molar-refractivity contribution in [3.8, 4) is 0 Å². The highest BCUT2D eigenvalue weighted by Gasteiger charge is 2.06. The van der Waals surface area contributed by atoms with Gasteiger partial charge in [0.25, 0.3) is 0 Å². The first-order chi connectivity index (χ1) is 11.5. The topological polar surface area (TPSA) is 66.0 Å². The molecular formula is C18H31IN4O2. The van der Waals surface area contributed by atoms with Gasteiger partial charge in [-0.2, -0.15) is 0 Å². The molecule has 0 bridgehead atoms. The third-order valence-corrected chi connectivity index (χ3v) is 3.35. The average molecular weight is 462 g/mol. The summed E-state index contributed by atoms with van der Waals surface area (Å²) < 4.78 is 5.74. The number of carbonyl (C=O) groups excluding carboxylic acids is 1. The fourth-order valence-corrected chi connectivity index (χ4v) is 1.91. The van der Waals surface area contributed by atoms with Crippen molar-refractivity contribution in [1.29, 1.82) is 0 Å². The van der Waals surface area contributed by atoms with Gasteiger partial charge in [-0.05, 0) is 18.4 Å². The number of guanidine groups is 1. The van der Waals surface area contributed by atoms with Crippen LogP contribution in [0.3, 0.4) is 0 Å². The van der Waals surface area contributed by atoms with E-state index in [2.05, 4.69) is 34.7 Å². The number of nitrogens with zero attached hydrogens (tertiary/aromatic N) is 2. The molecule has 7 heteroatoms. The van der Waals surface area contributed by atoms with E-state index in [1.165, 1.54) is 10.5 Å². The van der Waals surface area contributed by atoms with Gasteiger partial charge in [0.05, 0.1) is 13.2 Å². The van der Waals surface area contributed by atoms with Gasteiger partial charge >= 0.3 is 0 Å². The number of hydrogen-bond donors (Lipinski definition) is 2. The lowest BCUT2D eigenvalue weighted by Gasteiger charge is -2.16. The summed E-state index contributed by atoms with van der Waals surface area (Å²) in [6.45, 7) is 7.03. The highest BCUT2D eigenvalue weighted by Crippen LogP contribution is 2.02. The molecule has 1 atom stereocenters. The van der Waals surface area contributed by atoms with Crippen LogP contribution in [0.1, 0.15) is 19.4 Å². The molecule has 0 aliphatic rings. The molecule has 0 aliphatic heterocycles. The number of halogens is 1. The Kier molecular flexibility index (Phi) is 13.1. The van der Waals surface area contributed by atoms with Crippen LogP contribution in [0, 0.1) is 5.92 Å². The fourth-order valence-electron chi connectivity index (χ4n) is 1.91. The van der Waals surface area contributed by atoms with E-state index in [-0.39, 0.29) is 36.4 Å². The van der Waals surface area contributed by atoms with Gasteiger partial charge < -0.3 is 20.3 Å². The Morgan fingerprint density at radius 3 is 2.52 bits per heavy atom. The van der Waals surface area contributed by atoms with E-state index in [0.717, 1.165) is 13.1 Å². The lowest BCUT2D eigenvalue weighted by atomic mass is 10.2. The second-order valence-corrected chi connectivity index (χ2v) is 5.97. The van der Waals surface area contributed by atoms with E-state index >= 15 is 0 Å². The van der Waals surface area contributed by atoms with E-state index in [9.17, 15) is 4.79 Å². The number of nitrogens with one attached hydrogen (secondary N) is 2. The summed E-state index contributed by atoms with van der Waals surface area (Å²) in [5.41, 5.74) is 1.18. The standard InChI is InChI=1S/C18H30N4O2.HI/c1-5-19-18(21-12-17(23)22(3)4)20-11-15(2)13-24-14-16-9-7-6-8-10-16;/h6-10,15H,5,11-14H2,1-4H3,(H2,19,20,21);1H. The van der Waals surface area contributed by atoms with Gasteiger partial charge in [0.2, 0.25) is 5.91 Å². The monoisotopic (exact) mass is 462 g/mol. The summed E-state index contributed by atoms with van der Waals surface area (Å²) >= 11 is 0. The van der Waals surface area contributed by atoms with Gasteiger partial charge in [0.15, 0.2) is 5.96 Å². The lowest BCUT2D eigenvalue weighted by molar-refractivity contribution is -0.127. The second kappa shape index (κ2) is 13.9. The van der Waals surface area contributed by atoms with E-state index in [4.69, 9.17) is 4.74 Å². The minimum Gasteiger partial charge on any atom is -0.376 e. The summed E-state index contributed by atoms with van der Waals surface area (Å²) in [6, 6.07) is 10.1. The van der Waals surface area contributed by atoms with Gasteiger partial charge in [-0.3, -0.25) is 4.79 Å². The van der Waals surface area contributed by atoms with Gasteiger partial charge in [0.1, 0.15) is 6.54 Å². The Hall–Kier alpha value is -1.35. The highest BCUT2D eigenvalue weighted by atomic mass is 127. The molecule has 1 aromatic rings. The molecule has 0 saturated heterocycles. The first kappa shape index (κ1) is 23.6. The van der Waals surface area contributed by atoms with Gasteiger partial charge in [-0.25, -0.2) is 4.99 Å². The van der Waals surface area contributed by atoms with E-state index < -0.39 is 0 Å². The maximum absolute atomic E-state index is 11.6. The molecule has 2 N–H and O–H groups in total. The van der Waals surface area contributed by atoms with Crippen LogP contribution in [0.2, 0.25) is 0 Å². The molecule has 1 aromatic carbocycles. The van der Waals surface area contributed by atoms with Crippen LogP contribution in [-0.4, -0.2) is 57.1 Å². The number of carbonyl (C=O) groups is 1. The van der Waals surface area contributed by atoms with Crippen molar-refractivity contribution in [2.24, 2.45) is 10.9 Å². The molecule has 1 rings (SSSR count). The Morgan fingerprint density at radius 2 is 1.92 bits per heavy atom. The normalized spacial score (nSPS) is 12.1. The fraction of sp³-hybridized carbons (Fsp3) is 0.556. The average Bonchev–Trinajstić information content (AvgIpc) is 2.58. The maximum atomic E-state index is 11.6. The number of aliphatic imine (C=N–C) groups is 1. The molecule has 1 amide bonds. The van der Waals surface area contributed by atoms with Crippen molar-refractivity contribution >= 4 is 35.8 Å². The molecule has 1 unspecified atom stereocenters. The molecule has 142 valence electrons. The summed E-state index contributed by atoms with van der Waals surface area (Å²) in [5.74, 6) is 0.969. The van der Waals surface area contributed by atoms with Crippen LogP contribution in [0.25, 0.3) is 0 Å². The molecule has 0 aliphatic carbocycles. The van der Waals surface area contributed by atoms with Crippen molar-refractivity contribution in [3.05, 3.63) is 35.9 Å². The minimum absolute atomic E-state index is 0. The quantitative estimate of drug-likeness (QED) is 0.335. The Labute approximate surface area is 168 Å². The predicted molar refractivity (Wildman–Crippen MR) is 113 cm³/mol. The third kappa shape index (κ3) is 11.0. The molecule has 0 aromatic heterocycles. The number of amides is 1. The van der Waals surface area contributed by atoms with Crippen LogP contribution in [0.15, 0.2) is 35.3 Å². The van der Waals surface area contributed by atoms with Gasteiger partial charge in [-0.15, -0.1) is 24.0 Å². The van der Waals surface area contributed by atoms with E-state index in [1.807, 2.05) is 25.1 Å². The zero-order valence-electron chi connectivity index (χ0n) is 15.6. The molecule has 0 saturated carbocycles. The predicted octanol–water partition coefficient (Wildman–Crippen LogP) is 2.10. The Morgan fingerprint density at radius 1 is 1.24 bits per heavy atom. The van der Waals surface area contributed by atoms with Crippen molar-refractivity contribution in [2.75, 3.05) is 40.3 Å². The van der Waals surface area contributed by atoms with Crippen molar-refractivity contribution in [1.82, 2.24) is 15.5 Å². The van der Waals surface area contributed by atoms with Crippen LogP contribution >= 0.6 is 24.0 Å². The molecular weight excluding hydrogens is 431 g/mol. The number of benzene rings is 1. The smallest absolute Gasteiger partial charge is 0.243 e. The largest absolute Gasteiger partial charge is 0.376 e. The molecule has 25 heavy (non-hydrogen) atoms. The van der Waals surface area contributed by atoms with Crippen molar-refractivity contribution in [3.63, 3.8) is 0 Å². The summed E-state index contributed by atoms with van der Waals surface area (Å²) in [4.78, 5) is 17.4. The highest BCUT2D eigenvalue weighted by molar-refractivity contribution is 14.0. The second-order valence-electron chi connectivity index (χ2n) is 5.97. The minimum atomic E-state index is -0.0218. The van der Waals surface area contributed by atoms with E-state index in [1.54, 1.807) is 14.1 Å². The summed E-state index contributed by atoms with van der Waals surface area (Å²) in [5, 5.41) is 6.39. The number of hydrogen-bond acceptors (Lipinski definition) is 3. The first-order valence-electron chi connectivity index (χ1n) is 8.37. The zero-order chi connectivity index (χ0) is 17.8. The van der Waals surface area contributed by atoms with Crippen molar-refractivity contribution < 1.29 is 9.53 Å². The van der Waals surface area contributed by atoms with Gasteiger partial charge in [0, 0.05) is 27.2 Å². The molecule has 0 heterocycles. The molecule has 0 fully saturated rings. The molecule has 0 spiro atoms. The van der Waals surface area contributed by atoms with Crippen LogP contribution in [0.4, 0.5) is 0 Å². The lowest BCUT2D eigenvalue weighted by Crippen LogP contribution is -2.40. The number of likely N-dealkylation sites (N-methyl/N-ethyl adjacent to an activating group) is 1. The first-order valence-corrected chi connectivity index (χ1v) is 8.37. The number of rotatable bonds is 9. The molecule has 0 radical (unpaired) electrons. The SMILES string of the molecule is CCNC(=NCC(=O)N(C)C)NCC(C)COCc1ccccc1.I. The maximum Gasteiger partial charge on any atom is 0.243 e. The van der Waals surface area contributed by atoms with Crippen LogP contribution < -0.4 is 10.6 Å². The van der Waals surface area contributed by atoms with Crippen LogP contribution in [0.5, 0.6) is 0 Å². The third-order valence-electron chi connectivity index (χ3n) is 3.35. The van der Waals surface area contributed by atoms with Crippen molar-refractivity contribution in [2.45, 2.75) is 20.5 Å².